The molecular formula is C11H24S2. The van der Waals surface area contributed by atoms with Crippen LogP contribution in [0.25, 0.3) is 0 Å². The van der Waals surface area contributed by atoms with Crippen molar-refractivity contribution in [3.8, 4) is 0 Å². The molecule has 0 rings (SSSR count). The largest absolute Gasteiger partial charge is 0.165 e. The smallest absolute Gasteiger partial charge is 0.00187 e. The van der Waals surface area contributed by atoms with E-state index >= 15 is 0 Å². The Morgan fingerprint density at radius 2 is 1.08 bits per heavy atom. The van der Waals surface area contributed by atoms with Gasteiger partial charge in [-0.1, -0.05) is 27.7 Å². The first kappa shape index (κ1) is 13.7. The van der Waals surface area contributed by atoms with Crippen LogP contribution < -0.4 is 0 Å². The van der Waals surface area contributed by atoms with Crippen molar-refractivity contribution in [2.24, 2.45) is 10.8 Å². The molecule has 0 atom stereocenters. The van der Waals surface area contributed by atoms with E-state index in [0.29, 0.717) is 10.8 Å². The normalized spacial score (nSPS) is 13.4. The Balaban J connectivity index is 4.07. The molecule has 0 amide bonds. The van der Waals surface area contributed by atoms with Gasteiger partial charge in [0.25, 0.3) is 0 Å². The third-order valence-corrected chi connectivity index (χ3v) is 4.17. The summed E-state index contributed by atoms with van der Waals surface area (Å²) in [6, 6.07) is 0. The van der Waals surface area contributed by atoms with Crippen LogP contribution in [-0.2, 0) is 0 Å². The quantitative estimate of drug-likeness (QED) is 0.659. The summed E-state index contributed by atoms with van der Waals surface area (Å²) in [7, 11) is 0. The van der Waals surface area contributed by atoms with E-state index in [0.717, 1.165) is 0 Å². The van der Waals surface area contributed by atoms with Crippen LogP contribution in [0.4, 0.5) is 0 Å². The van der Waals surface area contributed by atoms with Crippen LogP contribution in [0.2, 0.25) is 0 Å². The van der Waals surface area contributed by atoms with Gasteiger partial charge in [0.15, 0.2) is 0 Å². The summed E-state index contributed by atoms with van der Waals surface area (Å²) in [5.41, 5.74) is 0.970. The molecule has 0 unspecified atom stereocenters. The maximum atomic E-state index is 2.38. The first-order valence-corrected chi connectivity index (χ1v) is 7.60. The van der Waals surface area contributed by atoms with Gasteiger partial charge < -0.3 is 0 Å². The molecule has 0 aromatic rings. The topological polar surface area (TPSA) is 0 Å². The summed E-state index contributed by atoms with van der Waals surface area (Å²) < 4.78 is 0. The van der Waals surface area contributed by atoms with Gasteiger partial charge in [-0.2, -0.15) is 23.5 Å². The zero-order chi connectivity index (χ0) is 10.5. The third-order valence-electron chi connectivity index (χ3n) is 2.03. The van der Waals surface area contributed by atoms with Crippen LogP contribution in [0.3, 0.4) is 0 Å². The molecule has 0 radical (unpaired) electrons. The molecule has 0 heterocycles. The fourth-order valence-electron chi connectivity index (χ4n) is 2.18. The minimum atomic E-state index is 0.485. The van der Waals surface area contributed by atoms with Crippen molar-refractivity contribution in [2.45, 2.75) is 34.1 Å². The first-order valence-electron chi connectivity index (χ1n) is 4.81. The molecular weight excluding hydrogens is 196 g/mol. The van der Waals surface area contributed by atoms with Crippen LogP contribution in [0.5, 0.6) is 0 Å². The van der Waals surface area contributed by atoms with E-state index < -0.39 is 0 Å². The fourth-order valence-corrected chi connectivity index (χ4v) is 3.95. The number of thioether (sulfide) groups is 2. The lowest BCUT2D eigenvalue weighted by Crippen LogP contribution is -2.26. The molecule has 13 heavy (non-hydrogen) atoms. The lowest BCUT2D eigenvalue weighted by Gasteiger charge is -2.34. The minimum absolute atomic E-state index is 0.485. The lowest BCUT2D eigenvalue weighted by molar-refractivity contribution is 0.243. The molecule has 0 nitrogen and oxygen atoms in total. The van der Waals surface area contributed by atoms with Gasteiger partial charge in [0.2, 0.25) is 0 Å². The van der Waals surface area contributed by atoms with Crippen LogP contribution >= 0.6 is 23.5 Å². The molecule has 0 bridgehead atoms. The highest BCUT2D eigenvalue weighted by molar-refractivity contribution is 7.98. The Morgan fingerprint density at radius 3 is 1.31 bits per heavy atom. The van der Waals surface area contributed by atoms with Crippen molar-refractivity contribution < 1.29 is 0 Å². The van der Waals surface area contributed by atoms with Crippen molar-refractivity contribution in [2.75, 3.05) is 24.0 Å². The summed E-state index contributed by atoms with van der Waals surface area (Å²) in [4.78, 5) is 0. The molecule has 2 heteroatoms. The number of rotatable bonds is 6. The molecule has 0 N–H and O–H groups in total. The second-order valence-electron chi connectivity index (χ2n) is 5.37. The van der Waals surface area contributed by atoms with Gasteiger partial charge in [0, 0.05) is 0 Å². The van der Waals surface area contributed by atoms with E-state index in [9.17, 15) is 0 Å². The Morgan fingerprint density at radius 1 is 0.769 bits per heavy atom. The number of hydrogen-bond donors (Lipinski definition) is 0. The molecule has 0 aliphatic rings. The number of hydrogen-bond acceptors (Lipinski definition) is 2. The third kappa shape index (κ3) is 6.73. The van der Waals surface area contributed by atoms with Crippen LogP contribution in [0, 0.1) is 10.8 Å². The zero-order valence-electron chi connectivity index (χ0n) is 9.94. The van der Waals surface area contributed by atoms with Crippen molar-refractivity contribution in [3.63, 3.8) is 0 Å². The molecule has 0 aliphatic heterocycles. The average Bonchev–Trinajstić information content (AvgIpc) is 1.82. The summed E-state index contributed by atoms with van der Waals surface area (Å²) >= 11 is 3.92. The van der Waals surface area contributed by atoms with Gasteiger partial charge in [-0.3, -0.25) is 0 Å². The highest BCUT2D eigenvalue weighted by Gasteiger charge is 2.27. The SMILES string of the molecule is CSCC(C)(C)CC(C)(C)CSC. The van der Waals surface area contributed by atoms with Gasteiger partial charge >= 0.3 is 0 Å². The summed E-state index contributed by atoms with van der Waals surface area (Å²) in [6.07, 6.45) is 5.72. The standard InChI is InChI=1S/C11H24S2/c1-10(2,8-12-5)7-11(3,4)9-13-6/h7-9H2,1-6H3. The summed E-state index contributed by atoms with van der Waals surface area (Å²) in [5.74, 6) is 2.54. The van der Waals surface area contributed by atoms with E-state index in [1.165, 1.54) is 17.9 Å². The Hall–Kier alpha value is 0.700. The molecule has 0 saturated carbocycles. The zero-order valence-corrected chi connectivity index (χ0v) is 11.6. The van der Waals surface area contributed by atoms with Gasteiger partial charge in [0.1, 0.15) is 0 Å². The highest BCUT2D eigenvalue weighted by atomic mass is 32.2. The van der Waals surface area contributed by atoms with Gasteiger partial charge in [0.05, 0.1) is 0 Å². The van der Waals surface area contributed by atoms with Crippen molar-refractivity contribution in [1.82, 2.24) is 0 Å². The second-order valence-corrected chi connectivity index (χ2v) is 7.10. The van der Waals surface area contributed by atoms with Crippen molar-refractivity contribution >= 4 is 23.5 Å². The van der Waals surface area contributed by atoms with Gasteiger partial charge in [-0.05, 0) is 41.3 Å². The molecule has 0 fully saturated rings. The highest BCUT2D eigenvalue weighted by Crippen LogP contribution is 2.37. The van der Waals surface area contributed by atoms with Crippen molar-refractivity contribution in [3.05, 3.63) is 0 Å². The maximum Gasteiger partial charge on any atom is -0.00187 e. The molecule has 80 valence electrons. The van der Waals surface area contributed by atoms with Crippen LogP contribution in [0.15, 0.2) is 0 Å². The monoisotopic (exact) mass is 220 g/mol. The van der Waals surface area contributed by atoms with Gasteiger partial charge in [-0.15, -0.1) is 0 Å². The van der Waals surface area contributed by atoms with Crippen LogP contribution in [0.1, 0.15) is 34.1 Å². The van der Waals surface area contributed by atoms with Gasteiger partial charge in [-0.25, -0.2) is 0 Å². The Labute approximate surface area is 92.6 Å². The van der Waals surface area contributed by atoms with E-state index in [-0.39, 0.29) is 0 Å². The van der Waals surface area contributed by atoms with E-state index in [4.69, 9.17) is 0 Å². The second kappa shape index (κ2) is 5.55. The average molecular weight is 220 g/mol. The first-order chi connectivity index (χ1) is 5.83. The Kier molecular flexibility index (Phi) is 5.85. The van der Waals surface area contributed by atoms with Crippen LogP contribution in [-0.4, -0.2) is 24.0 Å². The van der Waals surface area contributed by atoms with Crippen molar-refractivity contribution in [1.29, 1.82) is 0 Å². The summed E-state index contributed by atoms with van der Waals surface area (Å²) in [6.45, 7) is 9.52. The molecule has 0 aromatic heterocycles. The Bertz CT molecular complexity index is 123. The minimum Gasteiger partial charge on any atom is -0.165 e. The molecule has 0 spiro atoms. The maximum absolute atomic E-state index is 2.38. The van der Waals surface area contributed by atoms with E-state index in [1.54, 1.807) is 0 Å². The fraction of sp³-hybridized carbons (Fsp3) is 1.00. The van der Waals surface area contributed by atoms with E-state index in [1.807, 2.05) is 23.5 Å². The summed E-state index contributed by atoms with van der Waals surface area (Å²) in [5, 5.41) is 0. The molecule has 0 aromatic carbocycles. The van der Waals surface area contributed by atoms with E-state index in [2.05, 4.69) is 40.2 Å². The lowest BCUT2D eigenvalue weighted by atomic mass is 9.77. The molecule has 0 aliphatic carbocycles. The predicted octanol–water partition coefficient (Wildman–Crippen LogP) is 4.15. The predicted molar refractivity (Wildman–Crippen MR) is 68.9 cm³/mol. The molecule has 0 saturated heterocycles.